The lowest BCUT2D eigenvalue weighted by molar-refractivity contribution is -0.142. The fraction of sp³-hybridized carbons (Fsp3) is 0.391. The maximum absolute atomic E-state index is 13.2. The third-order valence-corrected chi connectivity index (χ3v) is 5.50. The molecule has 0 aliphatic carbocycles. The Labute approximate surface area is 198 Å². The molecule has 9 heteroatoms. The highest BCUT2D eigenvalue weighted by Crippen LogP contribution is 2.28. The molecule has 0 heterocycles. The highest BCUT2D eigenvalue weighted by Gasteiger charge is 2.28. The molecule has 0 fully saturated rings. The molecule has 0 spiro atoms. The van der Waals surface area contributed by atoms with Gasteiger partial charge in [-0.25, -0.2) is 0 Å². The maximum Gasteiger partial charge on any atom is 0.261 e. The molecule has 0 bridgehead atoms. The first-order valence-corrected chi connectivity index (χ1v) is 10.9. The van der Waals surface area contributed by atoms with E-state index in [0.717, 1.165) is 5.56 Å². The summed E-state index contributed by atoms with van der Waals surface area (Å²) in [6.45, 7) is 4.05. The van der Waals surface area contributed by atoms with Crippen LogP contribution >= 0.6 is 23.2 Å². The van der Waals surface area contributed by atoms with E-state index in [2.05, 4.69) is 5.32 Å². The van der Waals surface area contributed by atoms with Crippen LogP contribution in [0.1, 0.15) is 25.8 Å². The Balaban J connectivity index is 2.26. The van der Waals surface area contributed by atoms with E-state index in [1.807, 2.05) is 13.8 Å². The summed E-state index contributed by atoms with van der Waals surface area (Å²) in [5, 5.41) is 3.58. The predicted octanol–water partition coefficient (Wildman–Crippen LogP) is 4.33. The molecule has 7 nitrogen and oxygen atoms in total. The minimum absolute atomic E-state index is 0.177. The number of hydrogen-bond donors (Lipinski definition) is 1. The van der Waals surface area contributed by atoms with Gasteiger partial charge in [0.15, 0.2) is 6.61 Å². The van der Waals surface area contributed by atoms with Crippen LogP contribution in [0.4, 0.5) is 0 Å². The Morgan fingerprint density at radius 2 is 1.59 bits per heavy atom. The summed E-state index contributed by atoms with van der Waals surface area (Å²) in [4.78, 5) is 27.3. The van der Waals surface area contributed by atoms with Crippen LogP contribution in [0.5, 0.6) is 17.2 Å². The van der Waals surface area contributed by atoms with Crippen LogP contribution in [-0.4, -0.2) is 50.1 Å². The molecule has 1 unspecified atom stereocenters. The molecule has 2 aromatic carbocycles. The van der Waals surface area contributed by atoms with Gasteiger partial charge in [0.2, 0.25) is 5.91 Å². The van der Waals surface area contributed by atoms with E-state index >= 15 is 0 Å². The molecule has 174 valence electrons. The summed E-state index contributed by atoms with van der Waals surface area (Å²) >= 11 is 12.1. The molecule has 0 radical (unpaired) electrons. The fourth-order valence-corrected chi connectivity index (χ4v) is 3.46. The molecular weight excluding hydrogens is 455 g/mol. The van der Waals surface area contributed by atoms with Crippen molar-refractivity contribution in [2.45, 2.75) is 32.9 Å². The van der Waals surface area contributed by atoms with Crippen LogP contribution in [0.25, 0.3) is 0 Å². The quantitative estimate of drug-likeness (QED) is 0.515. The van der Waals surface area contributed by atoms with Gasteiger partial charge in [-0.15, -0.1) is 0 Å². The molecular formula is C23H28Cl2N2O5. The summed E-state index contributed by atoms with van der Waals surface area (Å²) in [7, 11) is 3.06. The molecule has 1 N–H and O–H groups in total. The minimum Gasteiger partial charge on any atom is -0.496 e. The lowest BCUT2D eigenvalue weighted by Crippen LogP contribution is -2.50. The monoisotopic (exact) mass is 482 g/mol. The summed E-state index contributed by atoms with van der Waals surface area (Å²) in [6.07, 6.45) is 0.436. The summed E-state index contributed by atoms with van der Waals surface area (Å²) in [5.74, 6) is 0.902. The van der Waals surface area contributed by atoms with Gasteiger partial charge in [0.05, 0.1) is 24.3 Å². The van der Waals surface area contributed by atoms with Crippen molar-refractivity contribution >= 4 is 35.0 Å². The fourth-order valence-electron chi connectivity index (χ4n) is 3.14. The van der Waals surface area contributed by atoms with Gasteiger partial charge in [0.1, 0.15) is 23.3 Å². The molecule has 1 atom stereocenters. The van der Waals surface area contributed by atoms with Crippen LogP contribution in [0.2, 0.25) is 10.0 Å². The molecule has 0 saturated carbocycles. The van der Waals surface area contributed by atoms with Crippen molar-refractivity contribution in [2.75, 3.05) is 27.4 Å². The summed E-state index contributed by atoms with van der Waals surface area (Å²) in [6, 6.07) is 9.46. The maximum atomic E-state index is 13.2. The Morgan fingerprint density at radius 3 is 2.12 bits per heavy atom. The molecule has 2 amide bonds. The number of likely N-dealkylation sites (N-methyl/N-ethyl adjacent to an activating group) is 1. The molecule has 32 heavy (non-hydrogen) atoms. The van der Waals surface area contributed by atoms with Gasteiger partial charge in [-0.2, -0.15) is 0 Å². The highest BCUT2D eigenvalue weighted by atomic mass is 35.5. The van der Waals surface area contributed by atoms with E-state index in [4.69, 9.17) is 37.4 Å². The summed E-state index contributed by atoms with van der Waals surface area (Å²) in [5.41, 5.74) is 0.749. The normalized spacial score (nSPS) is 11.4. The van der Waals surface area contributed by atoms with Gasteiger partial charge in [-0.1, -0.05) is 36.2 Å². The van der Waals surface area contributed by atoms with Gasteiger partial charge in [0, 0.05) is 31.3 Å². The van der Waals surface area contributed by atoms with Crippen LogP contribution in [-0.2, 0) is 16.1 Å². The Kier molecular flexibility index (Phi) is 9.94. The SMILES string of the molecule is CCNC(=O)C(CC)N(Cc1ccc(Cl)c(Cl)c1)C(=O)COc1cc(OC)cc(OC)c1. The first-order valence-electron chi connectivity index (χ1n) is 10.2. The number of ether oxygens (including phenoxy) is 3. The molecule has 0 aromatic heterocycles. The first kappa shape index (κ1) is 25.6. The third kappa shape index (κ3) is 6.93. The number of halogens is 2. The van der Waals surface area contributed by atoms with Crippen molar-refractivity contribution in [2.24, 2.45) is 0 Å². The standard InChI is InChI=1S/C23H28Cl2N2O5/c1-5-21(23(29)26-6-2)27(13-15-7-8-19(24)20(25)9-15)22(28)14-32-18-11-16(30-3)10-17(12-18)31-4/h7-12,21H,5-6,13-14H2,1-4H3,(H,26,29). The average molecular weight is 483 g/mol. The largest absolute Gasteiger partial charge is 0.496 e. The Hall–Kier alpha value is -2.64. The number of carbonyl (C=O) groups excluding carboxylic acids is 2. The zero-order valence-corrected chi connectivity index (χ0v) is 20.1. The van der Waals surface area contributed by atoms with E-state index in [0.29, 0.717) is 40.3 Å². The smallest absolute Gasteiger partial charge is 0.261 e. The van der Waals surface area contributed by atoms with Crippen molar-refractivity contribution in [3.8, 4) is 17.2 Å². The van der Waals surface area contributed by atoms with Gasteiger partial charge in [-0.3, -0.25) is 9.59 Å². The number of rotatable bonds is 11. The van der Waals surface area contributed by atoms with Crippen LogP contribution in [0, 0.1) is 0 Å². The van der Waals surface area contributed by atoms with E-state index in [1.165, 1.54) is 19.1 Å². The summed E-state index contributed by atoms with van der Waals surface area (Å²) < 4.78 is 16.2. The van der Waals surface area contributed by atoms with E-state index in [-0.39, 0.29) is 25.0 Å². The van der Waals surface area contributed by atoms with Crippen LogP contribution in [0.15, 0.2) is 36.4 Å². The zero-order chi connectivity index (χ0) is 23.7. The molecule has 0 aliphatic rings. The first-order chi connectivity index (χ1) is 15.3. The molecule has 2 rings (SSSR count). The third-order valence-electron chi connectivity index (χ3n) is 4.76. The van der Waals surface area contributed by atoms with Crippen molar-refractivity contribution in [1.29, 1.82) is 0 Å². The van der Waals surface area contributed by atoms with E-state index in [1.54, 1.807) is 36.4 Å². The van der Waals surface area contributed by atoms with Crippen LogP contribution < -0.4 is 19.5 Å². The molecule has 0 saturated heterocycles. The van der Waals surface area contributed by atoms with E-state index < -0.39 is 6.04 Å². The Morgan fingerprint density at radius 1 is 0.969 bits per heavy atom. The zero-order valence-electron chi connectivity index (χ0n) is 18.6. The number of nitrogens with one attached hydrogen (secondary N) is 1. The molecule has 2 aromatic rings. The predicted molar refractivity (Wildman–Crippen MR) is 125 cm³/mol. The number of benzene rings is 2. The van der Waals surface area contributed by atoms with Gasteiger partial charge >= 0.3 is 0 Å². The van der Waals surface area contributed by atoms with Crippen molar-refractivity contribution in [3.63, 3.8) is 0 Å². The number of amides is 2. The van der Waals surface area contributed by atoms with Crippen molar-refractivity contribution in [1.82, 2.24) is 10.2 Å². The van der Waals surface area contributed by atoms with Crippen molar-refractivity contribution in [3.05, 3.63) is 52.0 Å². The molecule has 0 aliphatic heterocycles. The van der Waals surface area contributed by atoms with Crippen LogP contribution in [0.3, 0.4) is 0 Å². The second-order valence-electron chi connectivity index (χ2n) is 6.93. The second-order valence-corrected chi connectivity index (χ2v) is 7.74. The van der Waals surface area contributed by atoms with Gasteiger partial charge < -0.3 is 24.4 Å². The Bertz CT molecular complexity index is 916. The number of methoxy groups -OCH3 is 2. The topological polar surface area (TPSA) is 77.1 Å². The number of hydrogen-bond acceptors (Lipinski definition) is 5. The lowest BCUT2D eigenvalue weighted by atomic mass is 10.1. The van der Waals surface area contributed by atoms with Gasteiger partial charge in [-0.05, 0) is 31.0 Å². The van der Waals surface area contributed by atoms with E-state index in [9.17, 15) is 9.59 Å². The minimum atomic E-state index is -0.666. The highest BCUT2D eigenvalue weighted by molar-refractivity contribution is 6.42. The van der Waals surface area contributed by atoms with Gasteiger partial charge in [0.25, 0.3) is 5.91 Å². The number of carbonyl (C=O) groups is 2. The number of nitrogens with zero attached hydrogens (tertiary/aromatic N) is 1. The van der Waals surface area contributed by atoms with Crippen molar-refractivity contribution < 1.29 is 23.8 Å². The second kappa shape index (κ2) is 12.4. The lowest BCUT2D eigenvalue weighted by Gasteiger charge is -2.30. The average Bonchev–Trinajstić information content (AvgIpc) is 2.79.